The zero-order chi connectivity index (χ0) is 15.0. The third kappa shape index (κ3) is 3.14. The number of nitrogens with one attached hydrogen (secondary N) is 2. The van der Waals surface area contributed by atoms with Gasteiger partial charge in [-0.3, -0.25) is 0 Å². The molecule has 1 unspecified atom stereocenters. The quantitative estimate of drug-likeness (QED) is 0.852. The molecule has 1 atom stereocenters. The summed E-state index contributed by atoms with van der Waals surface area (Å²) >= 11 is 0. The van der Waals surface area contributed by atoms with E-state index in [-0.39, 0.29) is 24.5 Å². The molecule has 2 aliphatic rings. The second kappa shape index (κ2) is 5.47. The average molecular weight is 312 g/mol. The minimum absolute atomic E-state index is 0.0341. The van der Waals surface area contributed by atoms with Crippen molar-refractivity contribution in [3.8, 4) is 11.5 Å². The highest BCUT2D eigenvalue weighted by atomic mass is 32.2. The zero-order valence-corrected chi connectivity index (χ0v) is 13.0. The Hall–Kier alpha value is -1.31. The minimum Gasteiger partial charge on any atom is -0.454 e. The smallest absolute Gasteiger partial charge is 0.231 e. The monoisotopic (exact) mass is 312 g/mol. The molecule has 3 rings (SSSR count). The van der Waals surface area contributed by atoms with Crippen molar-refractivity contribution in [3.05, 3.63) is 23.3 Å². The SMILES string of the molecule is CC(C)CNS(=O)(=O)CC1NCc2cc3c(cc21)OCO3. The average Bonchev–Trinajstić information content (AvgIpc) is 3.01. The first-order valence-electron chi connectivity index (χ1n) is 7.08. The molecule has 0 radical (unpaired) electrons. The first kappa shape index (κ1) is 14.6. The summed E-state index contributed by atoms with van der Waals surface area (Å²) in [7, 11) is -3.30. The van der Waals surface area contributed by atoms with E-state index in [1.165, 1.54) is 0 Å². The maximum Gasteiger partial charge on any atom is 0.231 e. The van der Waals surface area contributed by atoms with Crippen molar-refractivity contribution < 1.29 is 17.9 Å². The van der Waals surface area contributed by atoms with Gasteiger partial charge in [-0.25, -0.2) is 13.1 Å². The second-order valence-corrected chi connectivity index (χ2v) is 7.71. The molecule has 21 heavy (non-hydrogen) atoms. The highest BCUT2D eigenvalue weighted by molar-refractivity contribution is 7.89. The second-order valence-electron chi connectivity index (χ2n) is 5.86. The van der Waals surface area contributed by atoms with E-state index in [2.05, 4.69) is 10.0 Å². The van der Waals surface area contributed by atoms with E-state index in [0.29, 0.717) is 18.8 Å². The molecule has 0 saturated carbocycles. The summed E-state index contributed by atoms with van der Waals surface area (Å²) in [5.74, 6) is 1.75. The van der Waals surface area contributed by atoms with Gasteiger partial charge in [0.1, 0.15) is 0 Å². The van der Waals surface area contributed by atoms with Crippen molar-refractivity contribution in [3.63, 3.8) is 0 Å². The van der Waals surface area contributed by atoms with Crippen LogP contribution >= 0.6 is 0 Å². The van der Waals surface area contributed by atoms with Crippen LogP contribution < -0.4 is 19.5 Å². The van der Waals surface area contributed by atoms with Crippen LogP contribution in [-0.4, -0.2) is 27.5 Å². The van der Waals surface area contributed by atoms with Gasteiger partial charge in [0.15, 0.2) is 11.5 Å². The van der Waals surface area contributed by atoms with Crippen molar-refractivity contribution in [2.24, 2.45) is 5.92 Å². The van der Waals surface area contributed by atoms with Crippen molar-refractivity contribution in [1.29, 1.82) is 0 Å². The zero-order valence-electron chi connectivity index (χ0n) is 12.2. The molecule has 0 bridgehead atoms. The molecule has 1 aromatic rings. The number of hydrogen-bond acceptors (Lipinski definition) is 5. The fourth-order valence-electron chi connectivity index (χ4n) is 2.54. The van der Waals surface area contributed by atoms with Crippen molar-refractivity contribution in [2.75, 3.05) is 19.1 Å². The Bertz CT molecular complexity index is 643. The van der Waals surface area contributed by atoms with Crippen molar-refractivity contribution >= 4 is 10.0 Å². The standard InChI is InChI=1S/C14H20N2O4S/c1-9(2)5-16-21(17,18)7-12-11-4-14-13(19-8-20-14)3-10(11)6-15-12/h3-4,9,12,15-16H,5-8H2,1-2H3. The summed E-state index contributed by atoms with van der Waals surface area (Å²) in [6.07, 6.45) is 0. The Morgan fingerprint density at radius 2 is 2.05 bits per heavy atom. The maximum absolute atomic E-state index is 12.1. The first-order chi connectivity index (χ1) is 9.94. The number of fused-ring (bicyclic) bond motifs is 2. The van der Waals surface area contributed by atoms with Gasteiger partial charge >= 0.3 is 0 Å². The molecule has 0 aromatic heterocycles. The van der Waals surface area contributed by atoms with Gasteiger partial charge in [-0.05, 0) is 29.2 Å². The Balaban J connectivity index is 1.75. The summed E-state index contributed by atoms with van der Waals surface area (Å²) in [6, 6.07) is 3.61. The van der Waals surface area contributed by atoms with Crippen LogP contribution in [0, 0.1) is 5.92 Å². The van der Waals surface area contributed by atoms with E-state index < -0.39 is 10.0 Å². The molecular formula is C14H20N2O4S. The van der Waals surface area contributed by atoms with Gasteiger partial charge in [-0.15, -0.1) is 0 Å². The lowest BCUT2D eigenvalue weighted by Crippen LogP contribution is -2.34. The number of sulfonamides is 1. The lowest BCUT2D eigenvalue weighted by atomic mass is 10.1. The molecule has 2 aliphatic heterocycles. The van der Waals surface area contributed by atoms with Crippen LogP contribution in [0.2, 0.25) is 0 Å². The van der Waals surface area contributed by atoms with Crippen molar-refractivity contribution in [1.82, 2.24) is 10.0 Å². The normalized spacial score (nSPS) is 20.0. The van der Waals surface area contributed by atoms with E-state index >= 15 is 0 Å². The van der Waals surface area contributed by atoms with Crippen LogP contribution in [0.15, 0.2) is 12.1 Å². The molecule has 116 valence electrons. The lowest BCUT2D eigenvalue weighted by Gasteiger charge is -2.14. The fraction of sp³-hybridized carbons (Fsp3) is 0.571. The highest BCUT2D eigenvalue weighted by Crippen LogP contribution is 2.39. The summed E-state index contributed by atoms with van der Waals surface area (Å²) in [5, 5.41) is 3.24. The van der Waals surface area contributed by atoms with Crippen LogP contribution in [0.4, 0.5) is 0 Å². The van der Waals surface area contributed by atoms with Gasteiger partial charge in [0, 0.05) is 19.1 Å². The maximum atomic E-state index is 12.1. The number of rotatable bonds is 5. The Morgan fingerprint density at radius 1 is 1.33 bits per heavy atom. The Kier molecular flexibility index (Phi) is 3.81. The van der Waals surface area contributed by atoms with Gasteiger partial charge in [-0.2, -0.15) is 0 Å². The molecule has 0 fully saturated rings. The molecule has 0 aliphatic carbocycles. The van der Waals surface area contributed by atoms with Gasteiger partial charge in [-0.1, -0.05) is 13.8 Å². The molecule has 2 N–H and O–H groups in total. The summed E-state index contributed by atoms with van der Waals surface area (Å²) < 4.78 is 37.6. The first-order valence-corrected chi connectivity index (χ1v) is 8.73. The summed E-state index contributed by atoms with van der Waals surface area (Å²) in [4.78, 5) is 0. The van der Waals surface area contributed by atoms with E-state index in [9.17, 15) is 8.42 Å². The molecule has 2 heterocycles. The molecular weight excluding hydrogens is 292 g/mol. The van der Waals surface area contributed by atoms with Gasteiger partial charge in [0.05, 0.1) is 5.75 Å². The predicted octanol–water partition coefficient (Wildman–Crippen LogP) is 1.14. The van der Waals surface area contributed by atoms with E-state index in [1.807, 2.05) is 26.0 Å². The minimum atomic E-state index is -3.30. The molecule has 6 nitrogen and oxygen atoms in total. The van der Waals surface area contributed by atoms with Crippen LogP contribution in [0.25, 0.3) is 0 Å². The third-order valence-corrected chi connectivity index (χ3v) is 5.02. The van der Waals surface area contributed by atoms with Crippen LogP contribution in [0.3, 0.4) is 0 Å². The molecule has 1 aromatic carbocycles. The molecule has 0 amide bonds. The Morgan fingerprint density at radius 3 is 2.76 bits per heavy atom. The Labute approximate surface area is 124 Å². The molecule has 0 spiro atoms. The summed E-state index contributed by atoms with van der Waals surface area (Å²) in [6.45, 7) is 5.29. The predicted molar refractivity (Wildman–Crippen MR) is 78.8 cm³/mol. The number of hydrogen-bond donors (Lipinski definition) is 2. The van der Waals surface area contributed by atoms with Crippen molar-refractivity contribution in [2.45, 2.75) is 26.4 Å². The topological polar surface area (TPSA) is 76.7 Å². The highest BCUT2D eigenvalue weighted by Gasteiger charge is 2.30. The lowest BCUT2D eigenvalue weighted by molar-refractivity contribution is 0.174. The largest absolute Gasteiger partial charge is 0.454 e. The van der Waals surface area contributed by atoms with Gasteiger partial charge < -0.3 is 14.8 Å². The van der Waals surface area contributed by atoms with E-state index in [1.54, 1.807) is 0 Å². The van der Waals surface area contributed by atoms with Gasteiger partial charge in [0.2, 0.25) is 16.8 Å². The number of benzene rings is 1. The van der Waals surface area contributed by atoms with Gasteiger partial charge in [0.25, 0.3) is 0 Å². The van der Waals surface area contributed by atoms with Crippen LogP contribution in [0.5, 0.6) is 11.5 Å². The van der Waals surface area contributed by atoms with Crippen LogP contribution in [-0.2, 0) is 16.6 Å². The molecule has 7 heteroatoms. The fourth-order valence-corrected chi connectivity index (χ4v) is 3.98. The molecule has 0 saturated heterocycles. The number of ether oxygens (including phenoxy) is 2. The van der Waals surface area contributed by atoms with Crippen LogP contribution in [0.1, 0.15) is 31.0 Å². The summed E-state index contributed by atoms with van der Waals surface area (Å²) in [5.41, 5.74) is 2.05. The third-order valence-electron chi connectivity index (χ3n) is 3.65. The van der Waals surface area contributed by atoms with E-state index in [4.69, 9.17) is 9.47 Å². The van der Waals surface area contributed by atoms with E-state index in [0.717, 1.165) is 16.9 Å².